The van der Waals surface area contributed by atoms with Gasteiger partial charge in [-0.3, -0.25) is 10.2 Å². The Kier molecular flexibility index (Phi) is 3.92. The highest BCUT2D eigenvalue weighted by Crippen LogP contribution is 2.22. The first-order valence-electron chi connectivity index (χ1n) is 5.13. The van der Waals surface area contributed by atoms with E-state index in [2.05, 4.69) is 30.3 Å². The first kappa shape index (κ1) is 13.2. The summed E-state index contributed by atoms with van der Waals surface area (Å²) in [6.07, 6.45) is 0. The molecule has 0 amide bonds. The molecule has 4 N–H and O–H groups in total. The van der Waals surface area contributed by atoms with E-state index in [1.807, 2.05) is 0 Å². The molecule has 0 bridgehead atoms. The van der Waals surface area contributed by atoms with Gasteiger partial charge in [0.2, 0.25) is 11.1 Å². The first-order valence-corrected chi connectivity index (χ1v) is 5.95. The van der Waals surface area contributed by atoms with E-state index in [1.54, 1.807) is 6.92 Å². The van der Waals surface area contributed by atoms with Crippen LogP contribution in [0.5, 0.6) is 6.01 Å². The average molecular weight is 281 g/mol. The molecule has 9 nitrogen and oxygen atoms in total. The van der Waals surface area contributed by atoms with Gasteiger partial charge >= 0.3 is 6.01 Å². The molecule has 0 saturated heterocycles. The minimum Gasteiger partial charge on any atom is -0.467 e. The Balaban J connectivity index is 2.34. The number of ether oxygens (including phenoxy) is 1. The number of nitrogens with one attached hydrogen (secondary N) is 2. The average Bonchev–Trinajstić information content (AvgIpc) is 2.37. The van der Waals surface area contributed by atoms with Crippen LogP contribution in [0, 0.1) is 6.92 Å². The minimum atomic E-state index is -0.242. The molecule has 2 aromatic heterocycles. The van der Waals surface area contributed by atoms with Gasteiger partial charge in [-0.1, -0.05) is 0 Å². The summed E-state index contributed by atoms with van der Waals surface area (Å²) in [5.74, 6) is 5.40. The summed E-state index contributed by atoms with van der Waals surface area (Å²) in [5.41, 5.74) is 2.66. The Morgan fingerprint density at radius 3 is 2.79 bits per heavy atom. The number of hydrogen-bond acceptors (Lipinski definition) is 9. The third kappa shape index (κ3) is 3.39. The van der Waals surface area contributed by atoms with Gasteiger partial charge in [0.25, 0.3) is 5.56 Å². The Labute approximate surface area is 112 Å². The maximum absolute atomic E-state index is 11.3. The van der Waals surface area contributed by atoms with Crippen molar-refractivity contribution in [2.75, 3.05) is 12.5 Å². The number of H-pyrrole nitrogens is 1. The molecule has 0 saturated carbocycles. The number of methoxy groups -OCH3 is 1. The van der Waals surface area contributed by atoms with Crippen molar-refractivity contribution in [3.05, 3.63) is 22.1 Å². The van der Waals surface area contributed by atoms with Gasteiger partial charge in [-0.15, -0.1) is 0 Å². The van der Waals surface area contributed by atoms with Crippen LogP contribution in [0.3, 0.4) is 0 Å². The van der Waals surface area contributed by atoms with E-state index < -0.39 is 0 Å². The van der Waals surface area contributed by atoms with E-state index >= 15 is 0 Å². The zero-order valence-electron chi connectivity index (χ0n) is 10.2. The largest absolute Gasteiger partial charge is 0.467 e. The van der Waals surface area contributed by atoms with Crippen molar-refractivity contribution in [1.82, 2.24) is 24.9 Å². The summed E-state index contributed by atoms with van der Waals surface area (Å²) in [4.78, 5) is 30.0. The van der Waals surface area contributed by atoms with E-state index in [-0.39, 0.29) is 17.5 Å². The molecular formula is C9H11N7O2S. The molecule has 2 heterocycles. The molecule has 0 aliphatic rings. The predicted octanol–water partition coefficient (Wildman–Crippen LogP) is -0.291. The van der Waals surface area contributed by atoms with Crippen LogP contribution in [0.1, 0.15) is 5.69 Å². The molecule has 0 atom stereocenters. The summed E-state index contributed by atoms with van der Waals surface area (Å²) in [5, 5.41) is 0.676. The molecule has 0 unspecified atom stereocenters. The number of rotatable bonds is 4. The van der Waals surface area contributed by atoms with Crippen molar-refractivity contribution in [3.63, 3.8) is 0 Å². The standard InChI is InChI=1S/C9H11N7O2S/c1-4-3-5(17)12-8(11-4)19-9-14-6(16-10)13-7(15-9)18-2/h3H,10H2,1-2H3,(H,11,12,17)(H,13,14,15,16). The first-order chi connectivity index (χ1) is 9.10. The lowest BCUT2D eigenvalue weighted by Crippen LogP contribution is -2.12. The SMILES string of the molecule is COc1nc(NN)nc(Sc2nc(C)cc(=O)[nH]2)n1. The fourth-order valence-electron chi connectivity index (χ4n) is 1.23. The number of anilines is 1. The lowest BCUT2D eigenvalue weighted by Gasteiger charge is -2.04. The molecule has 0 aromatic carbocycles. The summed E-state index contributed by atoms with van der Waals surface area (Å²) in [7, 11) is 1.43. The van der Waals surface area contributed by atoms with Crippen molar-refractivity contribution in [2.24, 2.45) is 5.84 Å². The second-order valence-corrected chi connectivity index (χ2v) is 4.32. The van der Waals surface area contributed by atoms with E-state index in [9.17, 15) is 4.79 Å². The zero-order chi connectivity index (χ0) is 13.8. The van der Waals surface area contributed by atoms with Crippen LogP contribution in [0.4, 0.5) is 5.95 Å². The lowest BCUT2D eigenvalue weighted by molar-refractivity contribution is 0.373. The molecule has 0 fully saturated rings. The molecule has 2 aromatic rings. The molecule has 19 heavy (non-hydrogen) atoms. The van der Waals surface area contributed by atoms with Gasteiger partial charge in [0, 0.05) is 11.8 Å². The number of nitrogens with zero attached hydrogens (tertiary/aromatic N) is 4. The molecular weight excluding hydrogens is 270 g/mol. The van der Waals surface area contributed by atoms with Gasteiger partial charge in [0.15, 0.2) is 5.16 Å². The highest BCUT2D eigenvalue weighted by molar-refractivity contribution is 7.99. The Bertz CT molecular complexity index is 622. The van der Waals surface area contributed by atoms with Crippen LogP contribution in [0.2, 0.25) is 0 Å². The monoisotopic (exact) mass is 281 g/mol. The van der Waals surface area contributed by atoms with Crippen LogP contribution in [0.15, 0.2) is 21.2 Å². The van der Waals surface area contributed by atoms with Crippen LogP contribution >= 0.6 is 11.8 Å². The second-order valence-electron chi connectivity index (χ2n) is 3.37. The maximum Gasteiger partial charge on any atom is 0.322 e. The fraction of sp³-hybridized carbons (Fsp3) is 0.222. The van der Waals surface area contributed by atoms with Crippen molar-refractivity contribution < 1.29 is 4.74 Å². The predicted molar refractivity (Wildman–Crippen MR) is 67.9 cm³/mol. The van der Waals surface area contributed by atoms with Crippen molar-refractivity contribution in [2.45, 2.75) is 17.2 Å². The van der Waals surface area contributed by atoms with E-state index in [0.29, 0.717) is 16.0 Å². The second kappa shape index (κ2) is 5.63. The van der Waals surface area contributed by atoms with Gasteiger partial charge in [0.05, 0.1) is 7.11 Å². The van der Waals surface area contributed by atoms with Gasteiger partial charge in [-0.05, 0) is 18.7 Å². The number of aromatic amines is 1. The third-order valence-electron chi connectivity index (χ3n) is 1.94. The van der Waals surface area contributed by atoms with E-state index in [4.69, 9.17) is 10.6 Å². The minimum absolute atomic E-state index is 0.112. The van der Waals surface area contributed by atoms with Gasteiger partial charge in [-0.2, -0.15) is 15.0 Å². The number of hydrazine groups is 1. The summed E-state index contributed by atoms with van der Waals surface area (Å²) in [6.45, 7) is 1.72. The molecule has 0 aliphatic heterocycles. The number of aromatic nitrogens is 5. The molecule has 10 heteroatoms. The summed E-state index contributed by atoms with van der Waals surface area (Å²) >= 11 is 1.07. The molecule has 2 rings (SSSR count). The molecule has 0 spiro atoms. The quantitative estimate of drug-likeness (QED) is 0.393. The lowest BCUT2D eigenvalue weighted by atomic mass is 10.5. The Morgan fingerprint density at radius 2 is 2.16 bits per heavy atom. The molecule has 0 radical (unpaired) electrons. The summed E-state index contributed by atoms with van der Waals surface area (Å²) in [6, 6.07) is 1.51. The number of nitrogens with two attached hydrogens (primary N) is 1. The maximum atomic E-state index is 11.3. The normalized spacial score (nSPS) is 10.3. The highest BCUT2D eigenvalue weighted by Gasteiger charge is 2.09. The van der Waals surface area contributed by atoms with Gasteiger partial charge in [-0.25, -0.2) is 10.8 Å². The van der Waals surface area contributed by atoms with Crippen LogP contribution < -0.4 is 21.6 Å². The van der Waals surface area contributed by atoms with Crippen molar-refractivity contribution in [1.29, 1.82) is 0 Å². The molecule has 100 valence electrons. The van der Waals surface area contributed by atoms with Crippen LogP contribution in [-0.2, 0) is 0 Å². The number of nitrogen functional groups attached to an aromatic ring is 1. The van der Waals surface area contributed by atoms with E-state index in [0.717, 1.165) is 11.8 Å². The topological polar surface area (TPSA) is 132 Å². The van der Waals surface area contributed by atoms with Crippen LogP contribution in [0.25, 0.3) is 0 Å². The Hall–Kier alpha value is -2.20. The fourth-order valence-corrected chi connectivity index (χ4v) is 2.00. The zero-order valence-corrected chi connectivity index (χ0v) is 11.0. The van der Waals surface area contributed by atoms with Crippen LogP contribution in [-0.4, -0.2) is 32.0 Å². The summed E-state index contributed by atoms with van der Waals surface area (Å²) < 4.78 is 4.92. The van der Waals surface area contributed by atoms with E-state index in [1.165, 1.54) is 13.2 Å². The van der Waals surface area contributed by atoms with Gasteiger partial charge in [0.1, 0.15) is 0 Å². The van der Waals surface area contributed by atoms with Crippen molar-refractivity contribution >= 4 is 17.7 Å². The van der Waals surface area contributed by atoms with Gasteiger partial charge < -0.3 is 9.72 Å². The Morgan fingerprint density at radius 1 is 1.37 bits per heavy atom. The number of aryl methyl sites for hydroxylation is 1. The third-order valence-corrected chi connectivity index (χ3v) is 2.69. The van der Waals surface area contributed by atoms with Crippen molar-refractivity contribution in [3.8, 4) is 6.01 Å². The molecule has 0 aliphatic carbocycles. The highest BCUT2D eigenvalue weighted by atomic mass is 32.2. The number of hydrogen-bond donors (Lipinski definition) is 3. The smallest absolute Gasteiger partial charge is 0.322 e.